The Morgan fingerprint density at radius 2 is 1.97 bits per heavy atom. The first-order chi connectivity index (χ1) is 14.1. The van der Waals surface area contributed by atoms with Crippen LogP contribution in [0.2, 0.25) is 0 Å². The topological polar surface area (TPSA) is 38.5 Å². The van der Waals surface area contributed by atoms with Gasteiger partial charge in [-0.1, -0.05) is 18.2 Å². The van der Waals surface area contributed by atoms with Crippen LogP contribution in [0.1, 0.15) is 11.3 Å². The van der Waals surface area contributed by atoms with E-state index in [9.17, 15) is 4.39 Å². The Labute approximate surface area is 169 Å². The lowest BCUT2D eigenvalue weighted by Crippen LogP contribution is -2.21. The molecule has 4 rings (SSSR count). The number of aromatic nitrogens is 1. The van der Waals surface area contributed by atoms with E-state index in [1.54, 1.807) is 13.2 Å². The zero-order chi connectivity index (χ0) is 20.2. The van der Waals surface area contributed by atoms with Crippen molar-refractivity contribution in [3.8, 4) is 17.1 Å². The number of pyridine rings is 1. The highest BCUT2D eigenvalue weighted by atomic mass is 19.1. The van der Waals surface area contributed by atoms with E-state index in [2.05, 4.69) is 23.0 Å². The molecule has 0 saturated carbocycles. The van der Waals surface area contributed by atoms with Crippen molar-refractivity contribution in [2.75, 3.05) is 20.7 Å². The fourth-order valence-corrected chi connectivity index (χ4v) is 3.45. The van der Waals surface area contributed by atoms with Crippen molar-refractivity contribution in [1.82, 2.24) is 9.88 Å². The van der Waals surface area contributed by atoms with Crippen LogP contribution in [0.15, 0.2) is 71.3 Å². The molecule has 2 aromatic heterocycles. The van der Waals surface area contributed by atoms with E-state index in [1.165, 1.54) is 12.1 Å². The van der Waals surface area contributed by atoms with Gasteiger partial charge < -0.3 is 14.1 Å². The van der Waals surface area contributed by atoms with Crippen LogP contribution >= 0.6 is 0 Å². The molecule has 0 saturated heterocycles. The maximum atomic E-state index is 13.6. The Bertz CT molecular complexity index is 1110. The number of benzene rings is 2. The lowest BCUT2D eigenvalue weighted by Gasteiger charge is -2.17. The number of halogens is 1. The first-order valence-corrected chi connectivity index (χ1v) is 9.57. The van der Waals surface area contributed by atoms with Crippen molar-refractivity contribution in [2.45, 2.75) is 13.0 Å². The summed E-state index contributed by atoms with van der Waals surface area (Å²) in [4.78, 5) is 6.63. The van der Waals surface area contributed by atoms with Crippen LogP contribution in [-0.4, -0.2) is 30.6 Å². The molecule has 0 aliphatic rings. The average molecular weight is 390 g/mol. The van der Waals surface area contributed by atoms with Gasteiger partial charge in [0.1, 0.15) is 11.6 Å². The average Bonchev–Trinajstić information content (AvgIpc) is 3.17. The molecule has 0 aliphatic heterocycles. The van der Waals surface area contributed by atoms with E-state index in [4.69, 9.17) is 9.15 Å². The maximum Gasteiger partial charge on any atom is 0.176 e. The van der Waals surface area contributed by atoms with Crippen molar-refractivity contribution in [2.24, 2.45) is 0 Å². The van der Waals surface area contributed by atoms with Gasteiger partial charge in [-0.3, -0.25) is 4.98 Å². The van der Waals surface area contributed by atoms with Crippen LogP contribution in [-0.2, 0) is 13.0 Å². The van der Waals surface area contributed by atoms with E-state index in [1.807, 2.05) is 42.6 Å². The molecule has 0 spiro atoms. The molecule has 0 amide bonds. The van der Waals surface area contributed by atoms with Gasteiger partial charge in [0, 0.05) is 42.4 Å². The minimum absolute atomic E-state index is 0.287. The first kappa shape index (κ1) is 19.2. The summed E-state index contributed by atoms with van der Waals surface area (Å²) in [5, 5.41) is 0.941. The Morgan fingerprint density at radius 1 is 1.07 bits per heavy atom. The first-order valence-electron chi connectivity index (χ1n) is 9.57. The maximum absolute atomic E-state index is 13.6. The molecule has 0 aliphatic carbocycles. The van der Waals surface area contributed by atoms with Crippen molar-refractivity contribution >= 4 is 11.0 Å². The minimum Gasteiger partial charge on any atom is -0.493 e. The third-order valence-corrected chi connectivity index (χ3v) is 4.90. The fraction of sp³-hybridized carbons (Fsp3) is 0.208. The summed E-state index contributed by atoms with van der Waals surface area (Å²) in [6.07, 6.45) is 2.72. The summed E-state index contributed by atoms with van der Waals surface area (Å²) in [6, 6.07) is 18.4. The van der Waals surface area contributed by atoms with Crippen LogP contribution < -0.4 is 4.74 Å². The molecule has 0 radical (unpaired) electrons. The van der Waals surface area contributed by atoms with Crippen LogP contribution in [0.4, 0.5) is 4.39 Å². The molecule has 29 heavy (non-hydrogen) atoms. The Balaban J connectivity index is 1.55. The molecule has 148 valence electrons. The van der Waals surface area contributed by atoms with E-state index in [0.29, 0.717) is 22.7 Å². The van der Waals surface area contributed by atoms with Crippen LogP contribution in [0.25, 0.3) is 22.3 Å². The zero-order valence-electron chi connectivity index (χ0n) is 16.6. The van der Waals surface area contributed by atoms with Crippen molar-refractivity contribution < 1.29 is 13.5 Å². The quantitative estimate of drug-likeness (QED) is 0.428. The second-order valence-electron chi connectivity index (χ2n) is 7.15. The number of hydrogen-bond acceptors (Lipinski definition) is 4. The van der Waals surface area contributed by atoms with Gasteiger partial charge in [-0.05, 0) is 55.1 Å². The number of likely N-dealkylation sites (N-methyl/N-ethyl adjacent to an activating group) is 1. The van der Waals surface area contributed by atoms with Crippen molar-refractivity contribution in [1.29, 1.82) is 0 Å². The summed E-state index contributed by atoms with van der Waals surface area (Å²) in [5.41, 5.74) is 3.59. The number of hydrogen-bond donors (Lipinski definition) is 0. The number of furan rings is 1. The smallest absolute Gasteiger partial charge is 0.176 e. The van der Waals surface area contributed by atoms with Gasteiger partial charge in [-0.2, -0.15) is 0 Å². The monoisotopic (exact) mass is 390 g/mol. The Morgan fingerprint density at radius 3 is 2.72 bits per heavy atom. The highest BCUT2D eigenvalue weighted by Gasteiger charge is 2.14. The predicted molar refractivity (Wildman–Crippen MR) is 112 cm³/mol. The predicted octanol–water partition coefficient (Wildman–Crippen LogP) is 5.32. The van der Waals surface area contributed by atoms with Gasteiger partial charge in [0.2, 0.25) is 0 Å². The summed E-state index contributed by atoms with van der Waals surface area (Å²) >= 11 is 0. The number of fused-ring (bicyclic) bond motifs is 1. The molecular formula is C24H23FN2O2. The van der Waals surface area contributed by atoms with Gasteiger partial charge in [-0.15, -0.1) is 0 Å². The molecule has 0 unspecified atom stereocenters. The summed E-state index contributed by atoms with van der Waals surface area (Å²) in [6.45, 7) is 1.68. The van der Waals surface area contributed by atoms with E-state index >= 15 is 0 Å². The van der Waals surface area contributed by atoms with E-state index < -0.39 is 0 Å². The second-order valence-corrected chi connectivity index (χ2v) is 7.15. The van der Waals surface area contributed by atoms with Gasteiger partial charge in [0.15, 0.2) is 11.3 Å². The van der Waals surface area contributed by atoms with Crippen LogP contribution in [0, 0.1) is 5.82 Å². The molecule has 0 N–H and O–H groups in total. The van der Waals surface area contributed by atoms with Gasteiger partial charge in [-0.25, -0.2) is 4.39 Å². The van der Waals surface area contributed by atoms with Gasteiger partial charge >= 0.3 is 0 Å². The minimum atomic E-state index is -0.287. The molecule has 2 aromatic carbocycles. The second kappa shape index (κ2) is 8.45. The summed E-state index contributed by atoms with van der Waals surface area (Å²) < 4.78 is 25.1. The van der Waals surface area contributed by atoms with Crippen molar-refractivity contribution in [3.05, 3.63) is 83.9 Å². The summed E-state index contributed by atoms with van der Waals surface area (Å²) in [7, 11) is 3.72. The fourth-order valence-electron chi connectivity index (χ4n) is 3.45. The molecular weight excluding hydrogens is 367 g/mol. The number of ether oxygens (including phenoxy) is 1. The summed E-state index contributed by atoms with van der Waals surface area (Å²) in [5.74, 6) is 1.02. The SMILES string of the molecule is COc1cc(CN(C)CCc2ccccn2)cc2cc(-c3cccc(F)c3)oc12. The highest BCUT2D eigenvalue weighted by Crippen LogP contribution is 2.35. The largest absolute Gasteiger partial charge is 0.493 e. The van der Waals surface area contributed by atoms with Crippen molar-refractivity contribution in [3.63, 3.8) is 0 Å². The normalized spacial score (nSPS) is 11.3. The molecule has 4 nitrogen and oxygen atoms in total. The number of nitrogens with zero attached hydrogens (tertiary/aromatic N) is 2. The molecule has 5 heteroatoms. The Kier molecular flexibility index (Phi) is 5.58. The number of rotatable bonds is 7. The van der Waals surface area contributed by atoms with Gasteiger partial charge in [0.25, 0.3) is 0 Å². The third-order valence-electron chi connectivity index (χ3n) is 4.90. The van der Waals surface area contributed by atoms with Gasteiger partial charge in [0.05, 0.1) is 7.11 Å². The standard InChI is InChI=1S/C24H23FN2O2/c1-27(11-9-21-8-3-4-10-26-21)16-17-12-19-15-22(18-6-5-7-20(25)14-18)29-24(19)23(13-17)28-2/h3-8,10,12-15H,9,11,16H2,1-2H3. The lowest BCUT2D eigenvalue weighted by atomic mass is 10.1. The highest BCUT2D eigenvalue weighted by molar-refractivity contribution is 5.88. The molecule has 0 atom stereocenters. The molecule has 2 heterocycles. The van der Waals surface area contributed by atoms with Crippen LogP contribution in [0.5, 0.6) is 5.75 Å². The van der Waals surface area contributed by atoms with E-state index in [-0.39, 0.29) is 5.82 Å². The lowest BCUT2D eigenvalue weighted by molar-refractivity contribution is 0.329. The number of methoxy groups -OCH3 is 1. The third kappa shape index (κ3) is 4.46. The zero-order valence-corrected chi connectivity index (χ0v) is 16.6. The van der Waals surface area contributed by atoms with Crippen LogP contribution in [0.3, 0.4) is 0 Å². The Hall–Kier alpha value is -3.18. The van der Waals surface area contributed by atoms with E-state index in [0.717, 1.165) is 36.2 Å². The molecule has 0 bridgehead atoms. The molecule has 4 aromatic rings. The molecule has 0 fully saturated rings.